The molecule has 0 spiro atoms. The van der Waals surface area contributed by atoms with E-state index < -0.39 is 0 Å². The van der Waals surface area contributed by atoms with Gasteiger partial charge < -0.3 is 9.47 Å². The number of hydrogen-bond acceptors (Lipinski definition) is 2. The zero-order valence-corrected chi connectivity index (χ0v) is 15.1. The van der Waals surface area contributed by atoms with E-state index in [4.69, 9.17) is 9.47 Å². The molecule has 5 rings (SSSR count). The molecule has 0 saturated carbocycles. The summed E-state index contributed by atoms with van der Waals surface area (Å²) in [5.74, 6) is 0. The molecule has 0 atom stereocenters. The van der Waals surface area contributed by atoms with Crippen LogP contribution in [0.15, 0.2) is 54.6 Å². The van der Waals surface area contributed by atoms with Crippen LogP contribution >= 0.6 is 0 Å². The van der Waals surface area contributed by atoms with Crippen molar-refractivity contribution in [3.63, 3.8) is 0 Å². The summed E-state index contributed by atoms with van der Waals surface area (Å²) in [5, 5.41) is 7.68. The Morgan fingerprint density at radius 3 is 1.80 bits per heavy atom. The maximum Gasteiger partial charge on any atom is 0.185 e. The molecule has 0 aliphatic carbocycles. The molecule has 1 saturated heterocycles. The van der Waals surface area contributed by atoms with Crippen LogP contribution in [0.4, 0.5) is 0 Å². The van der Waals surface area contributed by atoms with E-state index in [1.807, 2.05) is 0 Å². The summed E-state index contributed by atoms with van der Waals surface area (Å²) in [5.41, 5.74) is 0.452. The Morgan fingerprint density at radius 2 is 1.16 bits per heavy atom. The molecule has 0 radical (unpaired) electrons. The molecule has 1 aliphatic heterocycles. The molecule has 0 N–H and O–H groups in total. The normalized spacial score (nSPS) is 20.2. The lowest BCUT2D eigenvalue weighted by molar-refractivity contribution is -0.0885. The van der Waals surface area contributed by atoms with E-state index in [1.165, 1.54) is 32.3 Å². The molecule has 0 aromatic heterocycles. The Hall–Kier alpha value is -2.16. The summed E-state index contributed by atoms with van der Waals surface area (Å²) < 4.78 is 12.6. The zero-order valence-electron chi connectivity index (χ0n) is 15.1. The Kier molecular flexibility index (Phi) is 2.85. The zero-order chi connectivity index (χ0) is 17.4. The molecule has 4 aromatic carbocycles. The van der Waals surface area contributed by atoms with E-state index in [9.17, 15) is 0 Å². The molecule has 1 aliphatic rings. The molecule has 2 heteroatoms. The van der Waals surface area contributed by atoms with E-state index in [0.29, 0.717) is 0 Å². The maximum absolute atomic E-state index is 6.32. The van der Waals surface area contributed by atoms with Crippen molar-refractivity contribution in [2.24, 2.45) is 0 Å². The molecule has 0 unspecified atom stereocenters. The van der Waals surface area contributed by atoms with E-state index in [1.54, 1.807) is 0 Å². The first-order chi connectivity index (χ1) is 11.9. The van der Waals surface area contributed by atoms with Crippen LogP contribution < -0.4 is 0 Å². The van der Waals surface area contributed by atoms with Gasteiger partial charge in [-0.2, -0.15) is 0 Å². The summed E-state index contributed by atoms with van der Waals surface area (Å²) in [4.78, 5) is 0. The smallest absolute Gasteiger partial charge is 0.185 e. The molecule has 0 amide bonds. The average Bonchev–Trinajstić information content (AvgIpc) is 2.80. The number of hydrogen-bond donors (Lipinski definition) is 0. The molecule has 1 heterocycles. The predicted molar refractivity (Wildman–Crippen MR) is 103 cm³/mol. The molecule has 126 valence electrons. The van der Waals surface area contributed by atoms with Crippen LogP contribution in [0.1, 0.15) is 39.5 Å². The summed E-state index contributed by atoms with van der Waals surface area (Å²) in [6.07, 6.45) is -0.338. The van der Waals surface area contributed by atoms with Gasteiger partial charge in [-0.15, -0.1) is 0 Å². The first kappa shape index (κ1) is 15.1. The van der Waals surface area contributed by atoms with Crippen LogP contribution in [0, 0.1) is 0 Å². The third kappa shape index (κ3) is 1.98. The Balaban J connectivity index is 1.81. The quantitative estimate of drug-likeness (QED) is 0.388. The number of benzene rings is 4. The van der Waals surface area contributed by atoms with Gasteiger partial charge in [-0.1, -0.05) is 54.6 Å². The largest absolute Gasteiger partial charge is 0.339 e. The fourth-order valence-electron chi connectivity index (χ4n) is 3.93. The van der Waals surface area contributed by atoms with Crippen LogP contribution in [0.3, 0.4) is 0 Å². The Morgan fingerprint density at radius 1 is 0.640 bits per heavy atom. The van der Waals surface area contributed by atoms with E-state index in [0.717, 1.165) is 5.56 Å². The average molecular weight is 330 g/mol. The van der Waals surface area contributed by atoms with Crippen molar-refractivity contribution in [2.45, 2.75) is 45.2 Å². The van der Waals surface area contributed by atoms with Gasteiger partial charge in [-0.3, -0.25) is 0 Å². The minimum atomic E-state index is -0.338. The summed E-state index contributed by atoms with van der Waals surface area (Å²) >= 11 is 0. The first-order valence-corrected chi connectivity index (χ1v) is 8.89. The molecule has 25 heavy (non-hydrogen) atoms. The van der Waals surface area contributed by atoms with E-state index in [2.05, 4.69) is 82.3 Å². The fraction of sp³-hybridized carbons (Fsp3) is 0.304. The second-order valence-corrected chi connectivity index (χ2v) is 8.10. The van der Waals surface area contributed by atoms with Crippen molar-refractivity contribution < 1.29 is 9.47 Å². The van der Waals surface area contributed by atoms with Crippen LogP contribution in [-0.4, -0.2) is 11.2 Å². The van der Waals surface area contributed by atoms with Gasteiger partial charge in [0.05, 0.1) is 11.2 Å². The van der Waals surface area contributed by atoms with Gasteiger partial charge in [-0.05, 0) is 60.0 Å². The van der Waals surface area contributed by atoms with Gasteiger partial charge in [0, 0.05) is 5.56 Å². The van der Waals surface area contributed by atoms with Crippen molar-refractivity contribution in [2.75, 3.05) is 0 Å². The third-order valence-corrected chi connectivity index (χ3v) is 6.07. The highest BCUT2D eigenvalue weighted by molar-refractivity contribution is 6.23. The Bertz CT molecular complexity index is 1080. The van der Waals surface area contributed by atoms with Crippen LogP contribution in [0.5, 0.6) is 0 Å². The monoisotopic (exact) mass is 330 g/mol. The first-order valence-electron chi connectivity index (χ1n) is 8.89. The third-order valence-electron chi connectivity index (χ3n) is 6.07. The number of rotatable bonds is 1. The number of ether oxygens (including phenoxy) is 2. The molecule has 4 aromatic rings. The second kappa shape index (κ2) is 4.72. The van der Waals surface area contributed by atoms with Crippen molar-refractivity contribution in [3.8, 4) is 0 Å². The van der Waals surface area contributed by atoms with Crippen LogP contribution in [0.25, 0.3) is 32.3 Å². The van der Waals surface area contributed by atoms with E-state index >= 15 is 0 Å². The van der Waals surface area contributed by atoms with Crippen molar-refractivity contribution in [1.29, 1.82) is 0 Å². The van der Waals surface area contributed by atoms with Crippen LogP contribution in [-0.2, 0) is 9.47 Å². The molecular weight excluding hydrogens is 308 g/mol. The SMILES string of the molecule is CC1(C)OC(c2ccc3ccc4cccc5ccc2c3c45)OC1(C)C. The summed E-state index contributed by atoms with van der Waals surface area (Å²) in [6.45, 7) is 8.40. The highest BCUT2D eigenvalue weighted by atomic mass is 16.7. The summed E-state index contributed by atoms with van der Waals surface area (Å²) in [6, 6.07) is 19.7. The lowest BCUT2D eigenvalue weighted by Gasteiger charge is -2.30. The van der Waals surface area contributed by atoms with Crippen molar-refractivity contribution >= 4 is 32.3 Å². The summed E-state index contributed by atoms with van der Waals surface area (Å²) in [7, 11) is 0. The minimum absolute atomic E-state index is 0.332. The van der Waals surface area contributed by atoms with Gasteiger partial charge in [0.15, 0.2) is 6.29 Å². The highest BCUT2D eigenvalue weighted by Crippen LogP contribution is 2.47. The van der Waals surface area contributed by atoms with Crippen molar-refractivity contribution in [3.05, 3.63) is 60.2 Å². The molecule has 1 fully saturated rings. The standard InChI is InChI=1S/C23H22O2/c1-22(2)23(3,4)25-21(24-22)18-13-11-16-9-8-14-6-5-7-15-10-12-17(18)20(16)19(14)15/h5-13,21H,1-4H3. The topological polar surface area (TPSA) is 18.5 Å². The Labute approximate surface area is 147 Å². The minimum Gasteiger partial charge on any atom is -0.339 e. The maximum atomic E-state index is 6.32. The van der Waals surface area contributed by atoms with Crippen molar-refractivity contribution in [1.82, 2.24) is 0 Å². The molecular formula is C23H22O2. The van der Waals surface area contributed by atoms with E-state index in [-0.39, 0.29) is 17.5 Å². The van der Waals surface area contributed by atoms with Crippen LogP contribution in [0.2, 0.25) is 0 Å². The lowest BCUT2D eigenvalue weighted by Crippen LogP contribution is -2.41. The predicted octanol–water partition coefficient (Wildman–Crippen LogP) is 6.19. The molecule has 0 bridgehead atoms. The van der Waals surface area contributed by atoms with Gasteiger partial charge in [0.25, 0.3) is 0 Å². The van der Waals surface area contributed by atoms with Gasteiger partial charge in [0.2, 0.25) is 0 Å². The van der Waals surface area contributed by atoms with Gasteiger partial charge in [-0.25, -0.2) is 0 Å². The van der Waals surface area contributed by atoms with Gasteiger partial charge >= 0.3 is 0 Å². The molecule has 2 nitrogen and oxygen atoms in total. The fourth-order valence-corrected chi connectivity index (χ4v) is 3.93. The lowest BCUT2D eigenvalue weighted by atomic mass is 9.90. The highest BCUT2D eigenvalue weighted by Gasteiger charge is 2.49. The second-order valence-electron chi connectivity index (χ2n) is 8.10. The van der Waals surface area contributed by atoms with Gasteiger partial charge in [0.1, 0.15) is 0 Å².